The maximum Gasteiger partial charge on any atom is 0.0592 e. The molecule has 0 saturated heterocycles. The van der Waals surface area contributed by atoms with E-state index in [9.17, 15) is 0 Å². The van der Waals surface area contributed by atoms with Gasteiger partial charge in [-0.25, -0.2) is 0 Å². The Morgan fingerprint density at radius 1 is 1.06 bits per heavy atom. The summed E-state index contributed by atoms with van der Waals surface area (Å²) in [6, 6.07) is 12.9. The molecule has 88 valence electrons. The minimum absolute atomic E-state index is 0. The summed E-state index contributed by atoms with van der Waals surface area (Å²) in [5.41, 5.74) is 2.76. The van der Waals surface area contributed by atoms with Gasteiger partial charge in [0.2, 0.25) is 0 Å². The lowest BCUT2D eigenvalue weighted by atomic mass is 9.86. The predicted octanol–water partition coefficient (Wildman–Crippen LogP) is 2.77. The fourth-order valence-corrected chi connectivity index (χ4v) is 2.39. The van der Waals surface area contributed by atoms with Crippen LogP contribution in [-0.4, -0.2) is 17.2 Å². The van der Waals surface area contributed by atoms with Gasteiger partial charge < -0.3 is 5.48 Å². The van der Waals surface area contributed by atoms with Crippen LogP contribution in [0.1, 0.15) is 25.0 Å². The Hall–Kier alpha value is -1.67. The molecule has 0 saturated carbocycles. The third-order valence-electron chi connectivity index (χ3n) is 3.24. The average Bonchev–Trinajstić information content (AvgIpc) is 2.28. The zero-order chi connectivity index (χ0) is 11.2. The Kier molecular flexibility index (Phi) is 2.76. The smallest absolute Gasteiger partial charge is 0.0592 e. The molecule has 1 aliphatic heterocycles. The summed E-state index contributed by atoms with van der Waals surface area (Å²) in [4.78, 5) is 4.58. The molecule has 0 atom stereocenters. The lowest BCUT2D eigenvalue weighted by molar-refractivity contribution is 0.518. The number of rotatable bonds is 0. The first-order valence-corrected chi connectivity index (χ1v) is 5.72. The Morgan fingerprint density at radius 2 is 1.82 bits per heavy atom. The maximum absolute atomic E-state index is 4.58. The van der Waals surface area contributed by atoms with Gasteiger partial charge in [-0.15, -0.1) is 0 Å². The Labute approximate surface area is 101 Å². The van der Waals surface area contributed by atoms with E-state index in [4.69, 9.17) is 0 Å². The van der Waals surface area contributed by atoms with Gasteiger partial charge in [-0.2, -0.15) is 0 Å². The highest BCUT2D eigenvalue weighted by molar-refractivity contribution is 5.95. The van der Waals surface area contributed by atoms with Crippen LogP contribution in [0.2, 0.25) is 0 Å². The average molecular weight is 227 g/mol. The second kappa shape index (κ2) is 3.97. The molecule has 0 fully saturated rings. The third-order valence-corrected chi connectivity index (χ3v) is 3.24. The minimum Gasteiger partial charge on any atom is -0.412 e. The Balaban J connectivity index is 0.00000108. The first-order valence-electron chi connectivity index (χ1n) is 5.72. The molecule has 0 bridgehead atoms. The fraction of sp³-hybridized carbons (Fsp3) is 0.267. The summed E-state index contributed by atoms with van der Waals surface area (Å²) in [6.45, 7) is 4.38. The van der Waals surface area contributed by atoms with Crippen molar-refractivity contribution in [2.75, 3.05) is 0 Å². The van der Waals surface area contributed by atoms with Crippen molar-refractivity contribution in [1.82, 2.24) is 0 Å². The lowest BCUT2D eigenvalue weighted by Crippen LogP contribution is -2.25. The van der Waals surface area contributed by atoms with E-state index in [0.29, 0.717) is 0 Å². The van der Waals surface area contributed by atoms with Crippen LogP contribution in [0.4, 0.5) is 0 Å². The molecule has 17 heavy (non-hydrogen) atoms. The molecule has 2 heteroatoms. The fourth-order valence-electron chi connectivity index (χ4n) is 2.39. The van der Waals surface area contributed by atoms with Crippen molar-refractivity contribution in [1.29, 1.82) is 0 Å². The van der Waals surface area contributed by atoms with Crippen molar-refractivity contribution < 1.29 is 5.48 Å². The van der Waals surface area contributed by atoms with Crippen LogP contribution in [0.15, 0.2) is 41.4 Å². The van der Waals surface area contributed by atoms with E-state index >= 15 is 0 Å². The van der Waals surface area contributed by atoms with Crippen molar-refractivity contribution in [2.45, 2.75) is 25.8 Å². The molecule has 0 unspecified atom stereocenters. The lowest BCUT2D eigenvalue weighted by Gasteiger charge is -2.26. The van der Waals surface area contributed by atoms with Crippen LogP contribution in [0, 0.1) is 0 Å². The minimum atomic E-state index is 0. The standard InChI is InChI=1S/C15H15N.H2O/c1-15(2)9-14-12(10-16-15)8-7-11-5-3-4-6-13(11)14;/h3-8,10H,9H2,1-2H3;1H2. The summed E-state index contributed by atoms with van der Waals surface area (Å²) in [5, 5.41) is 2.70. The summed E-state index contributed by atoms with van der Waals surface area (Å²) in [6.07, 6.45) is 3.05. The molecule has 2 aromatic rings. The van der Waals surface area contributed by atoms with Crippen LogP contribution >= 0.6 is 0 Å². The quantitative estimate of drug-likeness (QED) is 0.664. The Morgan fingerprint density at radius 3 is 2.65 bits per heavy atom. The Bertz CT molecular complexity index is 584. The van der Waals surface area contributed by atoms with E-state index in [1.807, 2.05) is 6.21 Å². The number of hydrogen-bond donors (Lipinski definition) is 0. The molecule has 0 aliphatic carbocycles. The van der Waals surface area contributed by atoms with Crippen molar-refractivity contribution in [3.05, 3.63) is 47.5 Å². The molecule has 0 spiro atoms. The van der Waals surface area contributed by atoms with Crippen molar-refractivity contribution >= 4 is 17.0 Å². The SMILES string of the molecule is CC1(C)Cc2c(ccc3ccccc23)C=N1.O. The zero-order valence-electron chi connectivity index (χ0n) is 10.2. The molecule has 0 aromatic heterocycles. The van der Waals surface area contributed by atoms with Crippen LogP contribution in [-0.2, 0) is 6.42 Å². The van der Waals surface area contributed by atoms with Crippen LogP contribution in [0.5, 0.6) is 0 Å². The van der Waals surface area contributed by atoms with Gasteiger partial charge in [-0.05, 0) is 42.2 Å². The number of benzene rings is 2. The summed E-state index contributed by atoms with van der Waals surface area (Å²) in [7, 11) is 0. The maximum atomic E-state index is 4.58. The number of fused-ring (bicyclic) bond motifs is 3. The van der Waals surface area contributed by atoms with Crippen molar-refractivity contribution in [3.8, 4) is 0 Å². The summed E-state index contributed by atoms with van der Waals surface area (Å²) >= 11 is 0. The highest BCUT2D eigenvalue weighted by atomic mass is 16.0. The van der Waals surface area contributed by atoms with Crippen LogP contribution < -0.4 is 0 Å². The monoisotopic (exact) mass is 227 g/mol. The second-order valence-electron chi connectivity index (χ2n) is 5.10. The molecule has 3 rings (SSSR count). The third kappa shape index (κ3) is 1.96. The molecule has 1 aliphatic rings. The van der Waals surface area contributed by atoms with Gasteiger partial charge in [0.25, 0.3) is 0 Å². The van der Waals surface area contributed by atoms with E-state index < -0.39 is 0 Å². The van der Waals surface area contributed by atoms with E-state index in [2.05, 4.69) is 55.2 Å². The van der Waals surface area contributed by atoms with Crippen molar-refractivity contribution in [2.24, 2.45) is 4.99 Å². The van der Waals surface area contributed by atoms with Gasteiger partial charge in [-0.1, -0.05) is 36.4 Å². The second-order valence-corrected chi connectivity index (χ2v) is 5.10. The van der Waals surface area contributed by atoms with Gasteiger partial charge in [-0.3, -0.25) is 4.99 Å². The number of aliphatic imine (C=N–C) groups is 1. The predicted molar refractivity (Wildman–Crippen MR) is 72.9 cm³/mol. The molecule has 2 N–H and O–H groups in total. The number of nitrogens with zero attached hydrogens (tertiary/aromatic N) is 1. The van der Waals surface area contributed by atoms with E-state index in [1.54, 1.807) is 0 Å². The molecule has 1 heterocycles. The highest BCUT2D eigenvalue weighted by Crippen LogP contribution is 2.29. The molecule has 2 aromatic carbocycles. The van der Waals surface area contributed by atoms with Gasteiger partial charge in [0.05, 0.1) is 5.54 Å². The largest absolute Gasteiger partial charge is 0.412 e. The van der Waals surface area contributed by atoms with Gasteiger partial charge in [0.1, 0.15) is 0 Å². The molecule has 0 amide bonds. The van der Waals surface area contributed by atoms with E-state index in [1.165, 1.54) is 21.9 Å². The van der Waals surface area contributed by atoms with Gasteiger partial charge >= 0.3 is 0 Å². The first-order chi connectivity index (χ1) is 7.66. The molecular formula is C15H17NO. The number of hydrogen-bond acceptors (Lipinski definition) is 1. The van der Waals surface area contributed by atoms with Crippen LogP contribution in [0.3, 0.4) is 0 Å². The first kappa shape index (κ1) is 11.8. The van der Waals surface area contributed by atoms with Crippen molar-refractivity contribution in [3.63, 3.8) is 0 Å². The topological polar surface area (TPSA) is 43.9 Å². The zero-order valence-corrected chi connectivity index (χ0v) is 10.2. The van der Waals surface area contributed by atoms with E-state index in [-0.39, 0.29) is 11.0 Å². The summed E-state index contributed by atoms with van der Waals surface area (Å²) in [5.74, 6) is 0. The van der Waals surface area contributed by atoms with E-state index in [0.717, 1.165) is 6.42 Å². The normalized spacial score (nSPS) is 16.4. The molecule has 2 nitrogen and oxygen atoms in total. The highest BCUT2D eigenvalue weighted by Gasteiger charge is 2.22. The van der Waals surface area contributed by atoms with Gasteiger partial charge in [0.15, 0.2) is 0 Å². The van der Waals surface area contributed by atoms with Gasteiger partial charge in [0, 0.05) is 6.21 Å². The van der Waals surface area contributed by atoms with Crippen LogP contribution in [0.25, 0.3) is 10.8 Å². The molecular weight excluding hydrogens is 210 g/mol. The summed E-state index contributed by atoms with van der Waals surface area (Å²) < 4.78 is 0. The molecule has 0 radical (unpaired) electrons.